The monoisotopic (exact) mass is 673 g/mol. The number of carbonyl (C=O) groups is 2. The third-order valence-corrected chi connectivity index (χ3v) is 10.3. The topological polar surface area (TPSA) is 130 Å². The van der Waals surface area contributed by atoms with Gasteiger partial charge < -0.3 is 20.1 Å². The minimum atomic E-state index is -2.90. The summed E-state index contributed by atoms with van der Waals surface area (Å²) in [5, 5.41) is 6.46. The number of amidine groups is 1. The lowest BCUT2D eigenvalue weighted by Gasteiger charge is -2.36. The zero-order chi connectivity index (χ0) is 33.9. The van der Waals surface area contributed by atoms with Crippen LogP contribution in [0.2, 0.25) is 0 Å². The summed E-state index contributed by atoms with van der Waals surface area (Å²) < 4.78 is 34.7. The van der Waals surface area contributed by atoms with Crippen LogP contribution in [0.25, 0.3) is 11.1 Å². The molecule has 3 aliphatic rings. The third kappa shape index (κ3) is 8.41. The van der Waals surface area contributed by atoms with Crippen molar-refractivity contribution in [1.82, 2.24) is 15.1 Å². The number of hydrogen-bond acceptors (Lipinski definition) is 9. The zero-order valence-corrected chi connectivity index (χ0v) is 28.5. The summed E-state index contributed by atoms with van der Waals surface area (Å²) in [6.45, 7) is 9.19. The predicted octanol–water partition coefficient (Wildman–Crippen LogP) is 4.52. The molecular formula is C36H43N5O6S. The number of morpholine rings is 1. The summed E-state index contributed by atoms with van der Waals surface area (Å²) in [6, 6.07) is 23.1. The maximum atomic E-state index is 12.9. The van der Waals surface area contributed by atoms with Gasteiger partial charge in [-0.15, -0.1) is 0 Å². The largest absolute Gasteiger partial charge is 0.444 e. The van der Waals surface area contributed by atoms with E-state index in [4.69, 9.17) is 14.5 Å². The molecule has 1 unspecified atom stereocenters. The van der Waals surface area contributed by atoms with Gasteiger partial charge in [-0.25, -0.2) is 13.2 Å². The van der Waals surface area contributed by atoms with Crippen molar-refractivity contribution in [2.45, 2.75) is 45.0 Å². The maximum Gasteiger partial charge on any atom is 0.411 e. The van der Waals surface area contributed by atoms with E-state index in [-0.39, 0.29) is 35.6 Å². The van der Waals surface area contributed by atoms with E-state index < -0.39 is 15.4 Å². The second-order valence-corrected chi connectivity index (χ2v) is 15.8. The van der Waals surface area contributed by atoms with E-state index in [1.165, 1.54) is 0 Å². The Hall–Kier alpha value is -4.26. The number of nitrogens with one attached hydrogen (secondary N) is 2. The number of sulfone groups is 1. The minimum absolute atomic E-state index is 0.0137. The van der Waals surface area contributed by atoms with Crippen molar-refractivity contribution < 1.29 is 27.5 Å². The molecule has 12 heteroatoms. The molecule has 3 aliphatic heterocycles. The van der Waals surface area contributed by atoms with E-state index in [1.807, 2.05) is 69.3 Å². The molecule has 2 amide bonds. The number of nitrogens with zero attached hydrogens (tertiary/aromatic N) is 3. The second-order valence-electron chi connectivity index (χ2n) is 13.5. The van der Waals surface area contributed by atoms with Gasteiger partial charge in [-0.1, -0.05) is 48.5 Å². The first-order valence-electron chi connectivity index (χ1n) is 16.3. The van der Waals surface area contributed by atoms with E-state index in [2.05, 4.69) is 39.8 Å². The molecule has 0 saturated carbocycles. The molecule has 48 heavy (non-hydrogen) atoms. The highest BCUT2D eigenvalue weighted by Crippen LogP contribution is 2.26. The normalized spacial score (nSPS) is 21.2. The van der Waals surface area contributed by atoms with Gasteiger partial charge in [-0.05, 0) is 67.3 Å². The van der Waals surface area contributed by atoms with Crippen LogP contribution >= 0.6 is 0 Å². The van der Waals surface area contributed by atoms with Gasteiger partial charge in [0.2, 0.25) is 0 Å². The number of rotatable bonds is 7. The molecule has 3 heterocycles. The average Bonchev–Trinajstić information content (AvgIpc) is 3.56. The van der Waals surface area contributed by atoms with E-state index in [1.54, 1.807) is 4.90 Å². The Morgan fingerprint density at radius 3 is 2.23 bits per heavy atom. The number of carbonyl (C=O) groups excluding carboxylic acids is 2. The number of anilines is 1. The summed E-state index contributed by atoms with van der Waals surface area (Å²) in [4.78, 5) is 34.4. The molecule has 0 radical (unpaired) electrons. The molecule has 11 nitrogen and oxygen atoms in total. The Labute approximate surface area is 282 Å². The summed E-state index contributed by atoms with van der Waals surface area (Å²) in [5.74, 6) is 0.948. The molecule has 0 bridgehead atoms. The van der Waals surface area contributed by atoms with Crippen molar-refractivity contribution in [3.05, 3.63) is 89.5 Å². The Balaban J connectivity index is 1.01. The molecule has 2 N–H and O–H groups in total. The van der Waals surface area contributed by atoms with Crippen molar-refractivity contribution in [3.63, 3.8) is 0 Å². The molecule has 2 atom stereocenters. The lowest BCUT2D eigenvalue weighted by molar-refractivity contribution is -0.0184. The first-order valence-corrected chi connectivity index (χ1v) is 18.2. The van der Waals surface area contributed by atoms with E-state index in [0.717, 1.165) is 28.1 Å². The van der Waals surface area contributed by atoms with Crippen LogP contribution in [0.1, 0.15) is 48.3 Å². The van der Waals surface area contributed by atoms with Gasteiger partial charge >= 0.3 is 6.09 Å². The second kappa shape index (κ2) is 14.1. The summed E-state index contributed by atoms with van der Waals surface area (Å²) in [6.07, 6.45) is -0.363. The van der Waals surface area contributed by atoms with E-state index in [9.17, 15) is 18.0 Å². The molecule has 0 aromatic heterocycles. The highest BCUT2D eigenvalue weighted by atomic mass is 32.2. The average molecular weight is 674 g/mol. The number of aliphatic imine (C=N–C) groups is 1. The van der Waals surface area contributed by atoms with Gasteiger partial charge in [0, 0.05) is 37.4 Å². The maximum absolute atomic E-state index is 12.9. The first-order chi connectivity index (χ1) is 22.9. The third-order valence-electron chi connectivity index (χ3n) is 8.69. The van der Waals surface area contributed by atoms with E-state index in [0.29, 0.717) is 57.2 Å². The summed E-state index contributed by atoms with van der Waals surface area (Å²) in [7, 11) is -2.90. The molecular weight excluding hydrogens is 630 g/mol. The number of ether oxygens (including phenoxy) is 2. The standard InChI is InChI=1S/C36H43N5O6S/c1-36(2,3)47-35(43)41-16-19-46-24-32(41)33-37-22-31(39-33)28-10-6-26(7-11-28)27-8-12-29(13-9-27)34(42)38-30-14-4-25(5-15-30)23-40-17-20-48(44,45)21-18-40/h4-15,31-32H,16-24H2,1-3H3,(H,37,39)(H,38,42)/t31?,32-/m0/s1. The quantitative estimate of drug-likeness (QED) is 0.375. The van der Waals surface area contributed by atoms with Gasteiger partial charge in [-0.2, -0.15) is 0 Å². The molecule has 0 aliphatic carbocycles. The molecule has 6 rings (SSSR count). The van der Waals surface area contributed by atoms with Crippen molar-refractivity contribution >= 4 is 33.4 Å². The fourth-order valence-corrected chi connectivity index (χ4v) is 7.28. The van der Waals surface area contributed by atoms with Crippen molar-refractivity contribution in [3.8, 4) is 11.1 Å². The summed E-state index contributed by atoms with van der Waals surface area (Å²) >= 11 is 0. The Morgan fingerprint density at radius 1 is 0.938 bits per heavy atom. The smallest absolute Gasteiger partial charge is 0.411 e. The Morgan fingerprint density at radius 2 is 1.58 bits per heavy atom. The van der Waals surface area contributed by atoms with E-state index >= 15 is 0 Å². The van der Waals surface area contributed by atoms with Crippen LogP contribution in [0.3, 0.4) is 0 Å². The fraction of sp³-hybridized carbons (Fsp3) is 0.417. The zero-order valence-electron chi connectivity index (χ0n) is 27.6. The van der Waals surface area contributed by atoms with Gasteiger partial charge in [0.05, 0.1) is 37.3 Å². The van der Waals surface area contributed by atoms with Crippen LogP contribution in [0.15, 0.2) is 77.8 Å². The van der Waals surface area contributed by atoms with Crippen LogP contribution in [0.4, 0.5) is 10.5 Å². The van der Waals surface area contributed by atoms with Crippen LogP contribution in [-0.4, -0.2) is 98.6 Å². The summed E-state index contributed by atoms with van der Waals surface area (Å²) in [5.41, 5.74) is 4.86. The highest BCUT2D eigenvalue weighted by Gasteiger charge is 2.36. The molecule has 3 aromatic carbocycles. The number of amides is 2. The highest BCUT2D eigenvalue weighted by molar-refractivity contribution is 7.91. The van der Waals surface area contributed by atoms with Gasteiger partial charge in [0.1, 0.15) is 17.5 Å². The Kier molecular flexibility index (Phi) is 9.86. The first kappa shape index (κ1) is 33.6. The van der Waals surface area contributed by atoms with Gasteiger partial charge in [-0.3, -0.25) is 19.6 Å². The minimum Gasteiger partial charge on any atom is -0.444 e. The van der Waals surface area contributed by atoms with Crippen LogP contribution in [0.5, 0.6) is 0 Å². The number of hydrogen-bond donors (Lipinski definition) is 2. The number of benzene rings is 3. The Bertz CT molecular complexity index is 1740. The van der Waals surface area contributed by atoms with Crippen LogP contribution in [0, 0.1) is 0 Å². The van der Waals surface area contributed by atoms with Crippen LogP contribution < -0.4 is 10.6 Å². The SMILES string of the molecule is CC(C)(C)OC(=O)N1CCOC[C@H]1C1=NCC(c2ccc(-c3ccc(C(=O)Nc4ccc(CN5CCS(=O)(=O)CC5)cc4)cc3)cc2)N1. The molecule has 0 spiro atoms. The van der Waals surface area contributed by atoms with Crippen molar-refractivity contribution in [2.24, 2.45) is 4.99 Å². The van der Waals surface area contributed by atoms with Gasteiger partial charge in [0.25, 0.3) is 5.91 Å². The molecule has 3 aromatic rings. The molecule has 2 saturated heterocycles. The predicted molar refractivity (Wildman–Crippen MR) is 186 cm³/mol. The van der Waals surface area contributed by atoms with Crippen molar-refractivity contribution in [1.29, 1.82) is 0 Å². The van der Waals surface area contributed by atoms with Crippen LogP contribution in [-0.2, 0) is 25.9 Å². The fourth-order valence-electron chi connectivity index (χ4n) is 6.00. The molecule has 254 valence electrons. The van der Waals surface area contributed by atoms with Crippen molar-refractivity contribution in [2.75, 3.05) is 56.2 Å². The lowest BCUT2D eigenvalue weighted by atomic mass is 10.00. The van der Waals surface area contributed by atoms with Gasteiger partial charge in [0.15, 0.2) is 9.84 Å². The molecule has 2 fully saturated rings. The lowest BCUT2D eigenvalue weighted by Crippen LogP contribution is -2.56.